The molecule has 12 heteroatoms. The first kappa shape index (κ1) is 25.3. The van der Waals surface area contributed by atoms with E-state index in [0.29, 0.717) is 34.3 Å². The molecule has 0 aliphatic carbocycles. The van der Waals surface area contributed by atoms with Crippen LogP contribution in [-0.4, -0.2) is 61.5 Å². The lowest BCUT2D eigenvalue weighted by Gasteiger charge is -2.39. The predicted octanol–water partition coefficient (Wildman–Crippen LogP) is 3.85. The Balaban J connectivity index is 1.94. The molecular formula is C20H28ClN3O5S3. The number of para-hydroxylation sites is 1. The Morgan fingerprint density at radius 1 is 1.16 bits per heavy atom. The summed E-state index contributed by atoms with van der Waals surface area (Å²) in [4.78, 5) is 2.15. The molecule has 1 N–H and O–H groups in total. The molecule has 2 heterocycles. The van der Waals surface area contributed by atoms with Crippen molar-refractivity contribution in [3.63, 3.8) is 0 Å². The highest BCUT2D eigenvalue weighted by Crippen LogP contribution is 2.40. The van der Waals surface area contributed by atoms with Crippen molar-refractivity contribution >= 4 is 54.4 Å². The van der Waals surface area contributed by atoms with E-state index in [1.54, 1.807) is 25.3 Å². The van der Waals surface area contributed by atoms with Crippen LogP contribution < -0.4 is 9.62 Å². The summed E-state index contributed by atoms with van der Waals surface area (Å²) in [6.07, 6.45) is 3.86. The Morgan fingerprint density at radius 3 is 2.56 bits per heavy atom. The van der Waals surface area contributed by atoms with Gasteiger partial charge in [0.25, 0.3) is 20.0 Å². The minimum absolute atomic E-state index is 0.0372. The molecule has 8 nitrogen and oxygen atoms in total. The van der Waals surface area contributed by atoms with Gasteiger partial charge in [0.1, 0.15) is 8.42 Å². The molecule has 1 fully saturated rings. The lowest BCUT2D eigenvalue weighted by atomic mass is 9.98. The largest absolute Gasteiger partial charge is 0.385 e. The highest BCUT2D eigenvalue weighted by Gasteiger charge is 2.29. The molecule has 32 heavy (non-hydrogen) atoms. The lowest BCUT2D eigenvalue weighted by Crippen LogP contribution is -2.41. The Bertz CT molecular complexity index is 1150. The van der Waals surface area contributed by atoms with Gasteiger partial charge in [0.15, 0.2) is 0 Å². The molecule has 1 aromatic carbocycles. The number of halogens is 1. The van der Waals surface area contributed by atoms with Gasteiger partial charge in [0, 0.05) is 40.4 Å². The van der Waals surface area contributed by atoms with Crippen molar-refractivity contribution < 1.29 is 21.6 Å². The zero-order valence-corrected chi connectivity index (χ0v) is 21.5. The van der Waals surface area contributed by atoms with Gasteiger partial charge < -0.3 is 9.64 Å². The van der Waals surface area contributed by atoms with Gasteiger partial charge in [-0.2, -0.15) is 0 Å². The Morgan fingerprint density at radius 2 is 1.88 bits per heavy atom. The fourth-order valence-electron chi connectivity index (χ4n) is 3.70. The quantitative estimate of drug-likeness (QED) is 0.538. The number of sulfonamides is 2. The third kappa shape index (κ3) is 5.40. The standard InChI is InChI=1S/C20H28ClN3O5S3/c1-23(2)32(27,28)19-11-10-18(30-19)31(25,26)22-17-9-6-8-16(21)20(17)24-13-5-4-7-15(24)12-14-29-3/h6,8-11,15,22H,4-5,7,12-14H2,1-3H3. The van der Waals surface area contributed by atoms with E-state index in [0.717, 1.165) is 36.5 Å². The molecule has 1 atom stereocenters. The van der Waals surface area contributed by atoms with Gasteiger partial charge in [-0.1, -0.05) is 17.7 Å². The fraction of sp³-hybridized carbons (Fsp3) is 0.500. The maximum atomic E-state index is 13.1. The second-order valence-corrected chi connectivity index (χ2v) is 13.5. The van der Waals surface area contributed by atoms with Crippen molar-refractivity contribution in [2.75, 3.05) is 44.0 Å². The zero-order valence-electron chi connectivity index (χ0n) is 18.2. The van der Waals surface area contributed by atoms with E-state index in [2.05, 4.69) is 9.62 Å². The van der Waals surface area contributed by atoms with Crippen LogP contribution in [0.5, 0.6) is 0 Å². The van der Waals surface area contributed by atoms with Crippen LogP contribution in [0.3, 0.4) is 0 Å². The van der Waals surface area contributed by atoms with Crippen LogP contribution in [0.1, 0.15) is 25.7 Å². The van der Waals surface area contributed by atoms with Crippen LogP contribution in [-0.2, 0) is 24.8 Å². The molecule has 2 aromatic rings. The first-order valence-corrected chi connectivity index (χ1v) is 14.3. The third-order valence-electron chi connectivity index (χ3n) is 5.36. The molecule has 0 bridgehead atoms. The molecule has 0 amide bonds. The second kappa shape index (κ2) is 10.3. The summed E-state index contributed by atoms with van der Waals surface area (Å²) in [7, 11) is -3.27. The highest BCUT2D eigenvalue weighted by molar-refractivity contribution is 7.96. The topological polar surface area (TPSA) is 96.0 Å². The maximum absolute atomic E-state index is 13.1. The van der Waals surface area contributed by atoms with Crippen molar-refractivity contribution in [2.45, 2.75) is 40.1 Å². The van der Waals surface area contributed by atoms with Crippen molar-refractivity contribution in [3.05, 3.63) is 35.4 Å². The SMILES string of the molecule is COCCC1CCCCN1c1c(Cl)cccc1NS(=O)(=O)c1ccc(S(=O)(=O)N(C)C)s1. The lowest BCUT2D eigenvalue weighted by molar-refractivity contribution is 0.182. The van der Waals surface area contributed by atoms with Crippen LogP contribution in [0, 0.1) is 0 Å². The Hall–Kier alpha value is -1.37. The summed E-state index contributed by atoms with van der Waals surface area (Å²) in [5, 5.41) is 0.455. The van der Waals surface area contributed by atoms with Gasteiger partial charge in [-0.05, 0) is 49.9 Å². The Labute approximate surface area is 199 Å². The molecule has 1 aliphatic rings. The normalized spacial score (nSPS) is 17.7. The summed E-state index contributed by atoms with van der Waals surface area (Å²) in [5.74, 6) is 0. The van der Waals surface area contributed by atoms with Crippen molar-refractivity contribution in [1.82, 2.24) is 4.31 Å². The number of nitrogens with zero attached hydrogens (tertiary/aromatic N) is 2. The Kier molecular flexibility index (Phi) is 8.11. The number of ether oxygens (including phenoxy) is 1. The number of hydrogen-bond acceptors (Lipinski definition) is 7. The smallest absolute Gasteiger partial charge is 0.271 e. The molecule has 3 rings (SSSR count). The van der Waals surface area contributed by atoms with Gasteiger partial charge in [-0.25, -0.2) is 21.1 Å². The summed E-state index contributed by atoms with van der Waals surface area (Å²) in [6.45, 7) is 1.36. The van der Waals surface area contributed by atoms with E-state index in [9.17, 15) is 16.8 Å². The number of hydrogen-bond donors (Lipinski definition) is 1. The van der Waals surface area contributed by atoms with Crippen LogP contribution in [0.2, 0.25) is 5.02 Å². The van der Waals surface area contributed by atoms with Crippen LogP contribution >= 0.6 is 22.9 Å². The van der Waals surface area contributed by atoms with Gasteiger partial charge in [-0.15, -0.1) is 11.3 Å². The van der Waals surface area contributed by atoms with Gasteiger partial charge in [-0.3, -0.25) is 4.72 Å². The van der Waals surface area contributed by atoms with Gasteiger partial charge in [0.2, 0.25) is 0 Å². The molecule has 178 valence electrons. The monoisotopic (exact) mass is 521 g/mol. The van der Waals surface area contributed by atoms with Crippen molar-refractivity contribution in [2.24, 2.45) is 0 Å². The van der Waals surface area contributed by atoms with E-state index < -0.39 is 20.0 Å². The number of anilines is 2. The molecule has 0 radical (unpaired) electrons. The van der Waals surface area contributed by atoms with Gasteiger partial charge >= 0.3 is 0 Å². The van der Waals surface area contributed by atoms with Crippen molar-refractivity contribution in [3.8, 4) is 0 Å². The number of benzene rings is 1. The number of nitrogens with one attached hydrogen (secondary N) is 1. The number of methoxy groups -OCH3 is 1. The first-order chi connectivity index (χ1) is 15.1. The molecule has 1 saturated heterocycles. The number of rotatable bonds is 9. The minimum Gasteiger partial charge on any atom is -0.385 e. The summed E-state index contributed by atoms with van der Waals surface area (Å²) < 4.78 is 59.7. The van der Waals surface area contributed by atoms with E-state index in [1.807, 2.05) is 0 Å². The van der Waals surface area contributed by atoms with E-state index >= 15 is 0 Å². The summed E-state index contributed by atoms with van der Waals surface area (Å²) in [5.41, 5.74) is 1.00. The molecular weight excluding hydrogens is 494 g/mol. The van der Waals surface area contributed by atoms with Gasteiger partial charge in [0.05, 0.1) is 16.4 Å². The van der Waals surface area contributed by atoms with Crippen LogP contribution in [0.15, 0.2) is 38.8 Å². The minimum atomic E-state index is -4.02. The van der Waals surface area contributed by atoms with Crippen LogP contribution in [0.4, 0.5) is 11.4 Å². The summed E-state index contributed by atoms with van der Waals surface area (Å²) in [6, 6.07) is 7.89. The maximum Gasteiger partial charge on any atom is 0.271 e. The van der Waals surface area contributed by atoms with Crippen LogP contribution in [0.25, 0.3) is 0 Å². The van der Waals surface area contributed by atoms with E-state index in [4.69, 9.17) is 16.3 Å². The third-order valence-corrected chi connectivity index (χ3v) is 10.9. The average Bonchev–Trinajstić information content (AvgIpc) is 3.25. The zero-order chi connectivity index (χ0) is 23.5. The fourth-order valence-corrected chi connectivity index (χ4v) is 7.98. The molecule has 1 aliphatic heterocycles. The molecule has 0 spiro atoms. The number of thiophene rings is 1. The average molecular weight is 522 g/mol. The van der Waals surface area contributed by atoms with Crippen molar-refractivity contribution in [1.29, 1.82) is 0 Å². The molecule has 1 aromatic heterocycles. The highest BCUT2D eigenvalue weighted by atomic mass is 35.5. The molecule has 0 saturated carbocycles. The van der Waals surface area contributed by atoms with E-state index in [-0.39, 0.29) is 14.5 Å². The molecule has 1 unspecified atom stereocenters. The summed E-state index contributed by atoms with van der Waals surface area (Å²) >= 11 is 7.25. The number of piperidine rings is 1. The first-order valence-electron chi connectivity index (χ1n) is 10.2. The second-order valence-electron chi connectivity index (χ2n) is 7.73. The van der Waals surface area contributed by atoms with E-state index in [1.165, 1.54) is 26.2 Å². The predicted molar refractivity (Wildman–Crippen MR) is 129 cm³/mol.